The molecule has 3 amide bonds. The van der Waals surface area contributed by atoms with E-state index in [-0.39, 0.29) is 23.7 Å². The molecule has 1 aliphatic rings. The number of nitrogens with one attached hydrogen (secondary N) is 1. The molecule has 0 aliphatic carbocycles. The zero-order valence-electron chi connectivity index (χ0n) is 9.53. The lowest BCUT2D eigenvalue weighted by molar-refractivity contribution is -0.135. The summed E-state index contributed by atoms with van der Waals surface area (Å²) in [5.41, 5.74) is 4.96. The third-order valence-corrected chi connectivity index (χ3v) is 2.83. The Morgan fingerprint density at radius 2 is 2.00 bits per heavy atom. The molecule has 6 heteroatoms. The molecule has 6 nitrogen and oxygen atoms in total. The number of ketones is 1. The predicted molar refractivity (Wildman–Crippen MR) is 57.5 cm³/mol. The van der Waals surface area contributed by atoms with Crippen molar-refractivity contribution in [1.82, 2.24) is 10.2 Å². The Balaban J connectivity index is 2.58. The van der Waals surface area contributed by atoms with Crippen LogP contribution in [-0.4, -0.2) is 41.8 Å². The van der Waals surface area contributed by atoms with Crippen molar-refractivity contribution in [2.45, 2.75) is 26.3 Å². The van der Waals surface area contributed by atoms with Gasteiger partial charge in [-0.3, -0.25) is 9.59 Å². The number of nitrogens with two attached hydrogens (primary N) is 1. The molecule has 1 rings (SSSR count). The second kappa shape index (κ2) is 4.96. The van der Waals surface area contributed by atoms with Crippen molar-refractivity contribution in [3.8, 4) is 0 Å². The van der Waals surface area contributed by atoms with Gasteiger partial charge in [-0.15, -0.1) is 0 Å². The first-order valence-electron chi connectivity index (χ1n) is 5.22. The highest BCUT2D eigenvalue weighted by Gasteiger charge is 2.36. The molecule has 1 heterocycles. The Bertz CT molecular complexity index is 294. The molecule has 2 atom stereocenters. The summed E-state index contributed by atoms with van der Waals surface area (Å²) in [5, 5.41) is 2.50. The number of rotatable bonds is 3. The van der Waals surface area contributed by atoms with Gasteiger partial charge in [-0.1, -0.05) is 0 Å². The van der Waals surface area contributed by atoms with E-state index in [0.717, 1.165) is 0 Å². The van der Waals surface area contributed by atoms with Crippen LogP contribution in [0.5, 0.6) is 0 Å². The van der Waals surface area contributed by atoms with Crippen molar-refractivity contribution in [1.29, 1.82) is 0 Å². The summed E-state index contributed by atoms with van der Waals surface area (Å²) in [6, 6.07) is -0.933. The molecule has 1 unspecified atom stereocenters. The zero-order chi connectivity index (χ0) is 12.3. The minimum absolute atomic E-state index is 0.0169. The number of primary amides is 1. The first-order chi connectivity index (χ1) is 7.41. The summed E-state index contributed by atoms with van der Waals surface area (Å²) in [6.07, 6.45) is 0.592. The van der Waals surface area contributed by atoms with Crippen LogP contribution in [0.25, 0.3) is 0 Å². The van der Waals surface area contributed by atoms with Gasteiger partial charge in [-0.25, -0.2) is 4.79 Å². The predicted octanol–water partition coefficient (Wildman–Crippen LogP) is -0.519. The molecule has 0 aromatic rings. The van der Waals surface area contributed by atoms with Gasteiger partial charge in [-0.2, -0.15) is 0 Å². The summed E-state index contributed by atoms with van der Waals surface area (Å²) in [7, 11) is 0. The number of Topliss-reactive ketones (excluding diaryl/α,β-unsaturated/α-hetero) is 1. The average molecular weight is 227 g/mol. The number of hydrogen-bond donors (Lipinski definition) is 2. The highest BCUT2D eigenvalue weighted by atomic mass is 16.2. The van der Waals surface area contributed by atoms with E-state index in [1.54, 1.807) is 4.90 Å². The minimum Gasteiger partial charge on any atom is -0.352 e. The van der Waals surface area contributed by atoms with Crippen LogP contribution in [0.2, 0.25) is 0 Å². The molecule has 90 valence electrons. The topological polar surface area (TPSA) is 92.5 Å². The second-order valence-corrected chi connectivity index (χ2v) is 4.14. The fraction of sp³-hybridized carbons (Fsp3) is 0.700. The molecule has 3 N–H and O–H groups in total. The van der Waals surface area contributed by atoms with E-state index in [2.05, 4.69) is 5.32 Å². The van der Waals surface area contributed by atoms with Crippen LogP contribution in [0.15, 0.2) is 0 Å². The fourth-order valence-electron chi connectivity index (χ4n) is 2.05. The van der Waals surface area contributed by atoms with Crippen molar-refractivity contribution in [2.24, 2.45) is 11.7 Å². The van der Waals surface area contributed by atoms with Gasteiger partial charge in [0.15, 0.2) is 5.78 Å². The normalized spacial score (nSPS) is 24.2. The molecule has 1 fully saturated rings. The quantitative estimate of drug-likeness (QED) is 0.679. The van der Waals surface area contributed by atoms with Crippen molar-refractivity contribution in [2.75, 3.05) is 13.1 Å². The maximum atomic E-state index is 11.3. The van der Waals surface area contributed by atoms with Gasteiger partial charge >= 0.3 is 6.03 Å². The average Bonchev–Trinajstić information content (AvgIpc) is 2.58. The molecule has 0 aromatic heterocycles. The van der Waals surface area contributed by atoms with E-state index in [1.165, 1.54) is 13.8 Å². The summed E-state index contributed by atoms with van der Waals surface area (Å²) >= 11 is 0. The largest absolute Gasteiger partial charge is 0.352 e. The zero-order valence-corrected chi connectivity index (χ0v) is 9.53. The molecule has 1 aliphatic heterocycles. The van der Waals surface area contributed by atoms with Crippen LogP contribution in [0, 0.1) is 5.92 Å². The molecule has 16 heavy (non-hydrogen) atoms. The van der Waals surface area contributed by atoms with Gasteiger partial charge in [0.1, 0.15) is 0 Å². The van der Waals surface area contributed by atoms with Gasteiger partial charge in [-0.05, 0) is 19.3 Å². The van der Waals surface area contributed by atoms with E-state index in [1.807, 2.05) is 0 Å². The summed E-state index contributed by atoms with van der Waals surface area (Å²) in [5.74, 6) is -0.0242. The van der Waals surface area contributed by atoms with Crippen LogP contribution in [0.3, 0.4) is 0 Å². The number of amides is 3. The number of likely N-dealkylation sites (tertiary alicyclic amines) is 1. The van der Waals surface area contributed by atoms with E-state index in [0.29, 0.717) is 19.5 Å². The fourth-order valence-corrected chi connectivity index (χ4v) is 2.05. The van der Waals surface area contributed by atoms with E-state index in [4.69, 9.17) is 5.73 Å². The van der Waals surface area contributed by atoms with Crippen LogP contribution < -0.4 is 11.1 Å². The van der Waals surface area contributed by atoms with Crippen LogP contribution in [0.1, 0.15) is 20.3 Å². The van der Waals surface area contributed by atoms with Crippen LogP contribution >= 0.6 is 0 Å². The van der Waals surface area contributed by atoms with Crippen molar-refractivity contribution >= 4 is 17.7 Å². The Kier molecular flexibility index (Phi) is 3.87. The molecular formula is C10H17N3O3. The van der Waals surface area contributed by atoms with Crippen LogP contribution in [0.4, 0.5) is 4.79 Å². The lowest BCUT2D eigenvalue weighted by atomic mass is 10.0. The molecule has 1 saturated heterocycles. The number of hydrogen-bond acceptors (Lipinski definition) is 3. The monoisotopic (exact) mass is 227 g/mol. The SMILES string of the molecule is CC(=O)[C@@H]1CC(CNC(N)=O)CN1C(C)=O. The Hall–Kier alpha value is -1.59. The van der Waals surface area contributed by atoms with E-state index < -0.39 is 6.03 Å². The Morgan fingerprint density at radius 1 is 1.38 bits per heavy atom. The summed E-state index contributed by atoms with van der Waals surface area (Å²) < 4.78 is 0. The maximum Gasteiger partial charge on any atom is 0.312 e. The standard InChI is InChI=1S/C10H17N3O3/c1-6(14)9-3-8(4-12-10(11)16)5-13(9)7(2)15/h8-9H,3-5H2,1-2H3,(H3,11,12,16)/t8?,9-/m0/s1. The van der Waals surface area contributed by atoms with E-state index in [9.17, 15) is 14.4 Å². The highest BCUT2D eigenvalue weighted by Crippen LogP contribution is 2.23. The second-order valence-electron chi connectivity index (χ2n) is 4.14. The lowest BCUT2D eigenvalue weighted by Gasteiger charge is -2.20. The third-order valence-electron chi connectivity index (χ3n) is 2.83. The Morgan fingerprint density at radius 3 is 2.38 bits per heavy atom. The van der Waals surface area contributed by atoms with Crippen LogP contribution in [-0.2, 0) is 9.59 Å². The van der Waals surface area contributed by atoms with Gasteiger partial charge in [0.2, 0.25) is 5.91 Å². The lowest BCUT2D eigenvalue weighted by Crippen LogP contribution is -2.38. The number of nitrogens with zero attached hydrogens (tertiary/aromatic N) is 1. The van der Waals surface area contributed by atoms with Crippen molar-refractivity contribution in [3.05, 3.63) is 0 Å². The molecule has 0 aromatic carbocycles. The third kappa shape index (κ3) is 2.95. The minimum atomic E-state index is -0.583. The first-order valence-corrected chi connectivity index (χ1v) is 5.22. The maximum absolute atomic E-state index is 11.3. The van der Waals surface area contributed by atoms with Crippen molar-refractivity contribution < 1.29 is 14.4 Å². The molecular weight excluding hydrogens is 210 g/mol. The van der Waals surface area contributed by atoms with Gasteiger partial charge < -0.3 is 16.0 Å². The first kappa shape index (κ1) is 12.5. The summed E-state index contributed by atoms with van der Waals surface area (Å²) in [6.45, 7) is 3.83. The van der Waals surface area contributed by atoms with Gasteiger partial charge in [0.25, 0.3) is 0 Å². The molecule has 0 radical (unpaired) electrons. The number of urea groups is 1. The van der Waals surface area contributed by atoms with E-state index >= 15 is 0 Å². The van der Waals surface area contributed by atoms with Gasteiger partial charge in [0, 0.05) is 20.0 Å². The molecule has 0 bridgehead atoms. The van der Waals surface area contributed by atoms with Crippen molar-refractivity contribution in [3.63, 3.8) is 0 Å². The molecule has 0 saturated carbocycles. The Labute approximate surface area is 94.2 Å². The number of carbonyl (C=O) groups is 3. The summed E-state index contributed by atoms with van der Waals surface area (Å²) in [4.78, 5) is 34.7. The number of carbonyl (C=O) groups excluding carboxylic acids is 3. The highest BCUT2D eigenvalue weighted by molar-refractivity contribution is 5.87. The molecule has 0 spiro atoms. The smallest absolute Gasteiger partial charge is 0.312 e. The van der Waals surface area contributed by atoms with Gasteiger partial charge in [0.05, 0.1) is 6.04 Å².